The number of anilines is 1. The van der Waals surface area contributed by atoms with E-state index in [0.717, 1.165) is 4.47 Å². The van der Waals surface area contributed by atoms with Crippen LogP contribution in [0.15, 0.2) is 28.7 Å². The second kappa shape index (κ2) is 7.75. The van der Waals surface area contributed by atoms with E-state index in [1.165, 1.54) is 0 Å². The van der Waals surface area contributed by atoms with Crippen molar-refractivity contribution in [2.24, 2.45) is 0 Å². The van der Waals surface area contributed by atoms with Crippen LogP contribution >= 0.6 is 50.7 Å². The lowest BCUT2D eigenvalue weighted by molar-refractivity contribution is -0.118. The summed E-state index contributed by atoms with van der Waals surface area (Å²) >= 11 is 21.9. The van der Waals surface area contributed by atoms with Crippen molar-refractivity contribution >= 4 is 62.3 Å². The highest BCUT2D eigenvalue weighted by atomic mass is 79.9. The molecular weight excluding hydrogens is 424 g/mol. The summed E-state index contributed by atoms with van der Waals surface area (Å²) in [6.07, 6.45) is 0. The summed E-state index contributed by atoms with van der Waals surface area (Å²) in [6, 6.07) is 7.21. The Morgan fingerprint density at radius 1 is 1.04 bits per heavy atom. The largest absolute Gasteiger partial charge is 0.481 e. The molecule has 0 heterocycles. The van der Waals surface area contributed by atoms with Crippen molar-refractivity contribution in [2.75, 3.05) is 11.9 Å². The lowest BCUT2D eigenvalue weighted by Gasteiger charge is -2.15. The summed E-state index contributed by atoms with van der Waals surface area (Å²) in [7, 11) is 0. The predicted molar refractivity (Wildman–Crippen MR) is 99.2 cm³/mol. The van der Waals surface area contributed by atoms with Gasteiger partial charge in [-0.3, -0.25) is 4.79 Å². The molecule has 0 radical (unpaired) electrons. The smallest absolute Gasteiger partial charge is 0.262 e. The Hall–Kier alpha value is -0.940. The molecule has 2 rings (SSSR count). The fourth-order valence-corrected chi connectivity index (χ4v) is 2.99. The summed E-state index contributed by atoms with van der Waals surface area (Å²) in [5.41, 5.74) is 2.00. The van der Waals surface area contributed by atoms with Gasteiger partial charge in [0.05, 0.1) is 10.0 Å². The zero-order valence-electron chi connectivity index (χ0n) is 12.3. The molecule has 0 saturated carbocycles. The Bertz CT molecular complexity index is 719. The molecule has 122 valence electrons. The van der Waals surface area contributed by atoms with Gasteiger partial charge in [-0.05, 0) is 49.2 Å². The monoisotopic (exact) mass is 435 g/mol. The third-order valence-corrected chi connectivity index (χ3v) is 5.20. The van der Waals surface area contributed by atoms with Crippen molar-refractivity contribution in [1.82, 2.24) is 0 Å². The lowest BCUT2D eigenvalue weighted by atomic mass is 10.1. The molecule has 23 heavy (non-hydrogen) atoms. The molecule has 3 nitrogen and oxygen atoms in total. The molecule has 0 bridgehead atoms. The van der Waals surface area contributed by atoms with E-state index in [1.54, 1.807) is 26.0 Å². The van der Waals surface area contributed by atoms with E-state index in [-0.39, 0.29) is 18.3 Å². The molecule has 0 atom stereocenters. The Morgan fingerprint density at radius 3 is 2.09 bits per heavy atom. The Labute approximate surface area is 158 Å². The van der Waals surface area contributed by atoms with E-state index < -0.39 is 0 Å². The number of nitrogens with one attached hydrogen (secondary N) is 1. The first-order valence-electron chi connectivity index (χ1n) is 6.63. The maximum Gasteiger partial charge on any atom is 0.262 e. The van der Waals surface area contributed by atoms with Gasteiger partial charge in [0.25, 0.3) is 5.91 Å². The van der Waals surface area contributed by atoms with Crippen LogP contribution in [0.1, 0.15) is 11.1 Å². The van der Waals surface area contributed by atoms with Gasteiger partial charge in [-0.15, -0.1) is 0 Å². The molecule has 0 unspecified atom stereocenters. The van der Waals surface area contributed by atoms with Crippen molar-refractivity contribution in [3.63, 3.8) is 0 Å². The van der Waals surface area contributed by atoms with Crippen molar-refractivity contribution in [2.45, 2.75) is 13.8 Å². The van der Waals surface area contributed by atoms with Crippen molar-refractivity contribution < 1.29 is 9.53 Å². The average molecular weight is 438 g/mol. The summed E-state index contributed by atoms with van der Waals surface area (Å²) in [5.74, 6) is -0.0524. The molecule has 1 N–H and O–H groups in total. The van der Waals surface area contributed by atoms with E-state index in [0.29, 0.717) is 31.9 Å². The second-order valence-corrected chi connectivity index (χ2v) is 6.91. The molecule has 1 amide bonds. The van der Waals surface area contributed by atoms with Crippen LogP contribution in [0.5, 0.6) is 5.75 Å². The van der Waals surface area contributed by atoms with Crippen LogP contribution in [0.3, 0.4) is 0 Å². The second-order valence-electron chi connectivity index (χ2n) is 4.86. The molecular formula is C16H13BrCl3NO2. The van der Waals surface area contributed by atoms with Gasteiger partial charge in [0.2, 0.25) is 0 Å². The number of benzene rings is 2. The fraction of sp³-hybridized carbons (Fsp3) is 0.188. The predicted octanol–water partition coefficient (Wildman–Crippen LogP) is 6.04. The van der Waals surface area contributed by atoms with Crippen LogP contribution < -0.4 is 10.1 Å². The molecule has 0 saturated heterocycles. The summed E-state index contributed by atoms with van der Waals surface area (Å²) in [4.78, 5) is 12.0. The molecule has 0 aliphatic rings. The molecule has 2 aromatic rings. The third kappa shape index (κ3) is 4.32. The average Bonchev–Trinajstić information content (AvgIpc) is 2.53. The van der Waals surface area contributed by atoms with Crippen LogP contribution in [0.4, 0.5) is 5.69 Å². The highest BCUT2D eigenvalue weighted by molar-refractivity contribution is 9.10. The number of rotatable bonds is 4. The molecule has 0 fully saturated rings. The van der Waals surface area contributed by atoms with E-state index in [2.05, 4.69) is 21.2 Å². The Balaban J connectivity index is 2.09. The highest BCUT2D eigenvalue weighted by Gasteiger charge is 2.18. The zero-order valence-corrected chi connectivity index (χ0v) is 16.2. The molecule has 2 aromatic carbocycles. The first kappa shape index (κ1) is 18.4. The van der Waals surface area contributed by atoms with Gasteiger partial charge in [-0.1, -0.05) is 50.7 Å². The van der Waals surface area contributed by atoms with Gasteiger partial charge >= 0.3 is 0 Å². The number of ether oxygens (including phenoxy) is 1. The van der Waals surface area contributed by atoms with Crippen molar-refractivity contribution in [1.29, 1.82) is 0 Å². The van der Waals surface area contributed by atoms with Gasteiger partial charge < -0.3 is 10.1 Å². The summed E-state index contributed by atoms with van der Waals surface area (Å²) in [6.45, 7) is 3.32. The van der Waals surface area contributed by atoms with Gasteiger partial charge in [0, 0.05) is 15.2 Å². The molecule has 0 aromatic heterocycles. The molecule has 0 spiro atoms. The number of carbonyl (C=O) groups excluding carboxylic acids is 1. The number of halogens is 4. The van der Waals surface area contributed by atoms with Gasteiger partial charge in [-0.2, -0.15) is 0 Å². The van der Waals surface area contributed by atoms with Crippen molar-refractivity contribution in [3.8, 4) is 5.75 Å². The van der Waals surface area contributed by atoms with Crippen LogP contribution in [-0.2, 0) is 4.79 Å². The highest BCUT2D eigenvalue weighted by Crippen LogP contribution is 2.42. The molecule has 0 aliphatic carbocycles. The van der Waals surface area contributed by atoms with Crippen LogP contribution in [0.25, 0.3) is 0 Å². The number of carbonyl (C=O) groups is 1. The van der Waals surface area contributed by atoms with E-state index in [9.17, 15) is 4.79 Å². The van der Waals surface area contributed by atoms with E-state index >= 15 is 0 Å². The Morgan fingerprint density at radius 2 is 1.57 bits per heavy atom. The molecule has 7 heteroatoms. The number of hydrogen-bond donors (Lipinski definition) is 1. The Kier molecular flexibility index (Phi) is 6.20. The van der Waals surface area contributed by atoms with Gasteiger partial charge in [0.15, 0.2) is 12.4 Å². The zero-order chi connectivity index (χ0) is 17.1. The quantitative estimate of drug-likeness (QED) is 0.633. The fourth-order valence-electron chi connectivity index (χ4n) is 1.91. The topological polar surface area (TPSA) is 38.3 Å². The summed E-state index contributed by atoms with van der Waals surface area (Å²) in [5, 5.41) is 3.83. The van der Waals surface area contributed by atoms with Crippen molar-refractivity contribution in [3.05, 3.63) is 54.9 Å². The maximum atomic E-state index is 12.0. The third-order valence-electron chi connectivity index (χ3n) is 3.19. The van der Waals surface area contributed by atoms with Crippen LogP contribution in [0, 0.1) is 13.8 Å². The van der Waals surface area contributed by atoms with Gasteiger partial charge in [-0.25, -0.2) is 0 Å². The minimum atomic E-state index is -0.315. The molecule has 0 aliphatic heterocycles. The van der Waals surface area contributed by atoms with Gasteiger partial charge in [0.1, 0.15) is 0 Å². The van der Waals surface area contributed by atoms with Crippen LogP contribution in [-0.4, -0.2) is 12.5 Å². The lowest BCUT2D eigenvalue weighted by Crippen LogP contribution is -2.20. The van der Waals surface area contributed by atoms with E-state index in [4.69, 9.17) is 39.5 Å². The first-order valence-corrected chi connectivity index (χ1v) is 8.55. The number of hydrogen-bond acceptors (Lipinski definition) is 2. The van der Waals surface area contributed by atoms with Crippen LogP contribution in [0.2, 0.25) is 15.1 Å². The number of amides is 1. The van der Waals surface area contributed by atoms with E-state index in [1.807, 2.05) is 12.1 Å². The maximum absolute atomic E-state index is 12.0. The normalized spacial score (nSPS) is 10.5. The minimum absolute atomic E-state index is 0.212. The standard InChI is InChI=1S/C16H13BrCl3NO2/c1-8-13(18)9(2)15(20)16(14(8)19)23-7-12(22)21-11-5-3-10(17)4-6-11/h3-6H,7H2,1-2H3,(H,21,22). The minimum Gasteiger partial charge on any atom is -0.481 e. The first-order chi connectivity index (χ1) is 10.8. The summed E-state index contributed by atoms with van der Waals surface area (Å²) < 4.78 is 6.43. The SMILES string of the molecule is Cc1c(Cl)c(C)c(Cl)c(OCC(=O)Nc2ccc(Br)cc2)c1Cl.